The molecule has 2 fully saturated rings. The minimum Gasteiger partial charge on any atom is -0.504 e. The summed E-state index contributed by atoms with van der Waals surface area (Å²) in [4.78, 5) is 2.61. The van der Waals surface area contributed by atoms with Gasteiger partial charge in [0.15, 0.2) is 11.5 Å². The molecule has 0 bridgehead atoms. The van der Waals surface area contributed by atoms with Gasteiger partial charge in [-0.25, -0.2) is 0 Å². The van der Waals surface area contributed by atoms with Crippen LogP contribution in [0.4, 0.5) is 0 Å². The van der Waals surface area contributed by atoms with Crippen molar-refractivity contribution < 1.29 is 9.84 Å². The maximum absolute atomic E-state index is 9.84. The summed E-state index contributed by atoms with van der Waals surface area (Å²) < 4.78 is 5.30. The lowest BCUT2D eigenvalue weighted by atomic mass is 9.89. The third-order valence-corrected chi connectivity index (χ3v) is 4.94. The summed E-state index contributed by atoms with van der Waals surface area (Å²) in [7, 11) is 1.62. The Kier molecular flexibility index (Phi) is 4.66. The van der Waals surface area contributed by atoms with Crippen LogP contribution < -0.4 is 10.1 Å². The third-order valence-electron chi connectivity index (χ3n) is 4.94. The Hall–Kier alpha value is -1.26. The first-order valence-electron chi connectivity index (χ1n) is 8.11. The van der Waals surface area contributed by atoms with E-state index >= 15 is 0 Å². The van der Waals surface area contributed by atoms with Gasteiger partial charge in [-0.2, -0.15) is 0 Å². The van der Waals surface area contributed by atoms with Crippen LogP contribution in [0, 0.1) is 5.92 Å². The first-order chi connectivity index (χ1) is 10.3. The minimum absolute atomic E-state index is 0.228. The van der Waals surface area contributed by atoms with Crippen molar-refractivity contribution >= 4 is 0 Å². The van der Waals surface area contributed by atoms with Crippen molar-refractivity contribution in [3.63, 3.8) is 0 Å². The molecule has 2 N–H and O–H groups in total. The fraction of sp³-hybridized carbons (Fsp3) is 0.647. The van der Waals surface area contributed by atoms with Crippen LogP contribution in [-0.4, -0.2) is 43.3 Å². The van der Waals surface area contributed by atoms with E-state index in [-0.39, 0.29) is 5.75 Å². The van der Waals surface area contributed by atoms with E-state index < -0.39 is 0 Å². The van der Waals surface area contributed by atoms with Gasteiger partial charge >= 0.3 is 0 Å². The fourth-order valence-electron chi connectivity index (χ4n) is 3.89. The van der Waals surface area contributed by atoms with Crippen molar-refractivity contribution in [1.29, 1.82) is 0 Å². The number of nitrogens with one attached hydrogen (secondary N) is 1. The molecule has 0 spiro atoms. The Bertz CT molecular complexity index is 466. The van der Waals surface area contributed by atoms with Gasteiger partial charge in [-0.3, -0.25) is 4.90 Å². The fourth-order valence-corrected chi connectivity index (χ4v) is 3.89. The number of aromatic hydroxyl groups is 1. The predicted molar refractivity (Wildman–Crippen MR) is 83.8 cm³/mol. The van der Waals surface area contributed by atoms with Crippen LogP contribution in [0.25, 0.3) is 0 Å². The number of phenols is 1. The van der Waals surface area contributed by atoms with E-state index in [0.29, 0.717) is 11.8 Å². The number of phenolic OH excluding ortho intramolecular Hbond substituents is 1. The van der Waals surface area contributed by atoms with Crippen LogP contribution in [0.3, 0.4) is 0 Å². The molecule has 0 unspecified atom stereocenters. The molecule has 0 aromatic heterocycles. The second-order valence-electron chi connectivity index (χ2n) is 6.21. The van der Waals surface area contributed by atoms with Crippen LogP contribution in [0.1, 0.15) is 37.3 Å². The van der Waals surface area contributed by atoms with E-state index in [9.17, 15) is 5.11 Å². The molecule has 1 aromatic rings. The normalized spacial score (nSPS) is 22.3. The van der Waals surface area contributed by atoms with Gasteiger partial charge in [0.1, 0.15) is 0 Å². The predicted octanol–water partition coefficient (Wildman–Crippen LogP) is 2.54. The molecule has 4 nitrogen and oxygen atoms in total. The molecule has 4 heteroatoms. The first kappa shape index (κ1) is 14.7. The number of piperazine rings is 1. The largest absolute Gasteiger partial charge is 0.504 e. The highest BCUT2D eigenvalue weighted by Crippen LogP contribution is 2.41. The van der Waals surface area contributed by atoms with E-state index in [1.807, 2.05) is 6.07 Å². The van der Waals surface area contributed by atoms with Gasteiger partial charge in [-0.15, -0.1) is 0 Å². The van der Waals surface area contributed by atoms with E-state index in [0.717, 1.165) is 32.1 Å². The summed E-state index contributed by atoms with van der Waals surface area (Å²) in [6.45, 7) is 4.34. The van der Waals surface area contributed by atoms with Crippen LogP contribution in [0.5, 0.6) is 11.5 Å². The van der Waals surface area contributed by atoms with Crippen molar-refractivity contribution in [2.24, 2.45) is 5.92 Å². The topological polar surface area (TPSA) is 44.7 Å². The molecule has 0 radical (unpaired) electrons. The lowest BCUT2D eigenvalue weighted by Gasteiger charge is -2.38. The molecule has 0 amide bonds. The zero-order valence-corrected chi connectivity index (χ0v) is 12.8. The van der Waals surface area contributed by atoms with Gasteiger partial charge in [-0.1, -0.05) is 18.9 Å². The number of methoxy groups -OCH3 is 1. The number of benzene rings is 1. The molecular weight excluding hydrogens is 264 g/mol. The molecule has 1 saturated heterocycles. The van der Waals surface area contributed by atoms with Gasteiger partial charge < -0.3 is 15.2 Å². The Balaban J connectivity index is 1.89. The van der Waals surface area contributed by atoms with Gasteiger partial charge in [-0.05, 0) is 36.5 Å². The van der Waals surface area contributed by atoms with Crippen LogP contribution in [0.2, 0.25) is 0 Å². The summed E-state index contributed by atoms with van der Waals surface area (Å²) in [5.74, 6) is 1.55. The van der Waals surface area contributed by atoms with Crippen molar-refractivity contribution in [2.45, 2.75) is 31.7 Å². The SMILES string of the molecule is COc1cc([C@@H](C2CCCC2)N2CCNCC2)ccc1O. The second-order valence-corrected chi connectivity index (χ2v) is 6.21. The van der Waals surface area contributed by atoms with E-state index in [1.54, 1.807) is 13.2 Å². The number of ether oxygens (including phenoxy) is 1. The molecule has 1 aliphatic heterocycles. The number of hydrogen-bond donors (Lipinski definition) is 2. The quantitative estimate of drug-likeness (QED) is 0.894. The van der Waals surface area contributed by atoms with Crippen molar-refractivity contribution in [1.82, 2.24) is 10.2 Å². The van der Waals surface area contributed by atoms with Crippen molar-refractivity contribution in [3.05, 3.63) is 23.8 Å². The smallest absolute Gasteiger partial charge is 0.160 e. The van der Waals surface area contributed by atoms with Crippen LogP contribution in [-0.2, 0) is 0 Å². The molecule has 2 aliphatic rings. The zero-order chi connectivity index (χ0) is 14.7. The highest BCUT2D eigenvalue weighted by atomic mass is 16.5. The lowest BCUT2D eigenvalue weighted by Crippen LogP contribution is -2.46. The molecule has 1 aromatic carbocycles. The number of hydrogen-bond acceptors (Lipinski definition) is 4. The van der Waals surface area contributed by atoms with Crippen molar-refractivity contribution in [3.8, 4) is 11.5 Å². The van der Waals surface area contributed by atoms with E-state index in [1.165, 1.54) is 31.2 Å². The number of rotatable bonds is 4. The molecule has 1 saturated carbocycles. The summed E-state index contributed by atoms with van der Waals surface area (Å²) in [6.07, 6.45) is 5.33. The molecule has 116 valence electrons. The average Bonchev–Trinajstić information content (AvgIpc) is 3.04. The zero-order valence-electron chi connectivity index (χ0n) is 12.8. The third kappa shape index (κ3) is 3.16. The van der Waals surface area contributed by atoms with Crippen molar-refractivity contribution in [2.75, 3.05) is 33.3 Å². The Morgan fingerprint density at radius 3 is 2.62 bits per heavy atom. The Labute approximate surface area is 127 Å². The maximum atomic E-state index is 9.84. The molecule has 1 aliphatic carbocycles. The van der Waals surface area contributed by atoms with Gasteiger partial charge in [0.05, 0.1) is 7.11 Å². The highest BCUT2D eigenvalue weighted by Gasteiger charge is 2.32. The maximum Gasteiger partial charge on any atom is 0.160 e. The van der Waals surface area contributed by atoms with Gasteiger partial charge in [0.25, 0.3) is 0 Å². The van der Waals surface area contributed by atoms with Gasteiger partial charge in [0.2, 0.25) is 0 Å². The van der Waals surface area contributed by atoms with Gasteiger partial charge in [0, 0.05) is 32.2 Å². The summed E-state index contributed by atoms with van der Waals surface area (Å²) in [5, 5.41) is 13.3. The molecule has 1 atom stereocenters. The molecule has 21 heavy (non-hydrogen) atoms. The standard InChI is InChI=1S/C17H26N2O2/c1-21-16-12-14(6-7-15(16)20)17(13-4-2-3-5-13)19-10-8-18-9-11-19/h6-7,12-13,17-18,20H,2-5,8-11H2,1H3/t17-/m1/s1. The molecular formula is C17H26N2O2. The van der Waals surface area contributed by atoms with E-state index in [4.69, 9.17) is 4.74 Å². The van der Waals surface area contributed by atoms with Crippen LogP contribution in [0.15, 0.2) is 18.2 Å². The highest BCUT2D eigenvalue weighted by molar-refractivity contribution is 5.43. The minimum atomic E-state index is 0.228. The second kappa shape index (κ2) is 6.67. The Morgan fingerprint density at radius 2 is 1.95 bits per heavy atom. The number of nitrogens with zero attached hydrogens (tertiary/aromatic N) is 1. The summed E-state index contributed by atoms with van der Waals surface area (Å²) in [5.41, 5.74) is 1.29. The van der Waals surface area contributed by atoms with E-state index in [2.05, 4.69) is 16.3 Å². The average molecular weight is 290 g/mol. The molecule has 3 rings (SSSR count). The summed E-state index contributed by atoms with van der Waals surface area (Å²) >= 11 is 0. The Morgan fingerprint density at radius 1 is 1.24 bits per heavy atom. The van der Waals surface area contributed by atoms with Crippen LogP contribution >= 0.6 is 0 Å². The monoisotopic (exact) mass is 290 g/mol. The molecule has 1 heterocycles. The lowest BCUT2D eigenvalue weighted by molar-refractivity contribution is 0.125. The first-order valence-corrected chi connectivity index (χ1v) is 8.11. The summed E-state index contributed by atoms with van der Waals surface area (Å²) in [6, 6.07) is 6.34.